The first-order valence-electron chi connectivity index (χ1n) is 5.91. The minimum atomic E-state index is -3.75. The molecule has 2 heterocycles. The fraction of sp³-hybridized carbons (Fsp3) is 0.545. The second-order valence-corrected chi connectivity index (χ2v) is 5.98. The number of hydrogen-bond acceptors (Lipinski definition) is 4. The van der Waals surface area contributed by atoms with Gasteiger partial charge in [-0.1, -0.05) is 11.6 Å². The third-order valence-corrected chi connectivity index (χ3v) is 4.25. The molecule has 110 valence electrons. The van der Waals surface area contributed by atoms with E-state index in [1.54, 1.807) is 0 Å². The zero-order valence-electron chi connectivity index (χ0n) is 10.3. The normalized spacial score (nSPS) is 19.9. The van der Waals surface area contributed by atoms with Crippen molar-refractivity contribution < 1.29 is 18.4 Å². The summed E-state index contributed by atoms with van der Waals surface area (Å²) in [4.78, 5) is 24.1. The number of rotatable bonds is 3. The molecule has 1 fully saturated rings. The molecule has 0 saturated carbocycles. The summed E-state index contributed by atoms with van der Waals surface area (Å²) >= 11 is 6.31. The summed E-state index contributed by atoms with van der Waals surface area (Å²) < 4.78 is 31.6. The molecular formula is C11H12ClF2N3O2S. The van der Waals surface area contributed by atoms with Crippen molar-refractivity contribution in [2.45, 2.75) is 18.8 Å². The Bertz CT molecular complexity index is 537. The van der Waals surface area contributed by atoms with Crippen LogP contribution >= 0.6 is 23.1 Å². The number of alkyl halides is 2. The summed E-state index contributed by atoms with van der Waals surface area (Å²) in [6.45, 7) is 0.0896. The van der Waals surface area contributed by atoms with Crippen molar-refractivity contribution in [3.05, 3.63) is 16.1 Å². The Morgan fingerprint density at radius 3 is 2.80 bits per heavy atom. The zero-order valence-corrected chi connectivity index (χ0v) is 11.9. The second-order valence-electron chi connectivity index (χ2n) is 4.58. The lowest BCUT2D eigenvalue weighted by molar-refractivity contribution is -0.161. The number of likely N-dealkylation sites (tertiary alicyclic amines) is 1. The van der Waals surface area contributed by atoms with E-state index in [0.717, 1.165) is 11.1 Å². The summed E-state index contributed by atoms with van der Waals surface area (Å²) in [6.07, 6.45) is 1.86. The minimum absolute atomic E-state index is 0.0844. The Kier molecular flexibility index (Phi) is 4.24. The molecule has 5 nitrogen and oxygen atoms in total. The summed E-state index contributed by atoms with van der Waals surface area (Å²) in [5.41, 5.74) is 4.56. The van der Waals surface area contributed by atoms with Crippen molar-refractivity contribution in [1.82, 2.24) is 9.27 Å². The fourth-order valence-corrected chi connectivity index (χ4v) is 2.95. The van der Waals surface area contributed by atoms with Crippen LogP contribution in [0, 0.1) is 5.92 Å². The van der Waals surface area contributed by atoms with Crippen LogP contribution in [0.2, 0.25) is 4.34 Å². The molecule has 0 aromatic carbocycles. The Morgan fingerprint density at radius 1 is 1.55 bits per heavy atom. The number of nitrogens with zero attached hydrogens (tertiary/aromatic N) is 2. The maximum absolute atomic E-state index is 14.1. The molecule has 1 aliphatic heterocycles. The molecule has 1 aromatic heterocycles. The molecule has 0 spiro atoms. The number of primary amides is 1. The number of aromatic nitrogens is 1. The molecule has 0 bridgehead atoms. The van der Waals surface area contributed by atoms with E-state index in [1.165, 1.54) is 0 Å². The summed E-state index contributed by atoms with van der Waals surface area (Å²) in [5, 5.41) is 0. The minimum Gasteiger partial charge on any atom is -0.369 e. The standard InChI is InChI=1S/C11H12ClF2N3O2S/c12-8-7(4-16-20-8)11(13,14)10(19)17-3-1-2-6(5-17)9(15)18/h4,6H,1-3,5H2,(H2,15,18)/t6-/m0/s1. The largest absolute Gasteiger partial charge is 0.369 e. The van der Waals surface area contributed by atoms with Gasteiger partial charge in [-0.25, -0.2) is 0 Å². The van der Waals surface area contributed by atoms with Crippen LogP contribution in [0.5, 0.6) is 0 Å². The average molecular weight is 324 g/mol. The van der Waals surface area contributed by atoms with E-state index in [0.29, 0.717) is 24.4 Å². The first-order chi connectivity index (χ1) is 9.34. The van der Waals surface area contributed by atoms with Crippen LogP contribution < -0.4 is 5.73 Å². The van der Waals surface area contributed by atoms with Crippen LogP contribution in [-0.2, 0) is 15.5 Å². The van der Waals surface area contributed by atoms with E-state index in [1.807, 2.05) is 0 Å². The summed E-state index contributed by atoms with van der Waals surface area (Å²) in [5.74, 6) is -6.28. The number of halogens is 3. The molecule has 0 radical (unpaired) electrons. The van der Waals surface area contributed by atoms with Crippen molar-refractivity contribution in [2.24, 2.45) is 11.7 Å². The van der Waals surface area contributed by atoms with Crippen LogP contribution in [0.25, 0.3) is 0 Å². The lowest BCUT2D eigenvalue weighted by Gasteiger charge is -2.33. The molecule has 9 heteroatoms. The Balaban J connectivity index is 2.18. The third kappa shape index (κ3) is 2.76. The van der Waals surface area contributed by atoms with Gasteiger partial charge in [0.05, 0.1) is 17.7 Å². The smallest absolute Gasteiger partial charge is 0.353 e. The van der Waals surface area contributed by atoms with Crippen molar-refractivity contribution in [1.29, 1.82) is 0 Å². The van der Waals surface area contributed by atoms with E-state index in [-0.39, 0.29) is 17.4 Å². The number of carbonyl (C=O) groups is 2. The van der Waals surface area contributed by atoms with Crippen molar-refractivity contribution in [3.8, 4) is 0 Å². The van der Waals surface area contributed by atoms with Crippen molar-refractivity contribution in [2.75, 3.05) is 13.1 Å². The quantitative estimate of drug-likeness (QED) is 0.918. The van der Waals surface area contributed by atoms with E-state index in [9.17, 15) is 18.4 Å². The molecular weight excluding hydrogens is 312 g/mol. The van der Waals surface area contributed by atoms with Crippen LogP contribution in [0.3, 0.4) is 0 Å². The van der Waals surface area contributed by atoms with E-state index >= 15 is 0 Å². The van der Waals surface area contributed by atoms with Crippen LogP contribution in [0.4, 0.5) is 8.78 Å². The Labute approximate surface area is 122 Å². The highest BCUT2D eigenvalue weighted by Crippen LogP contribution is 2.37. The van der Waals surface area contributed by atoms with E-state index in [4.69, 9.17) is 17.3 Å². The topological polar surface area (TPSA) is 76.3 Å². The lowest BCUT2D eigenvalue weighted by Crippen LogP contribution is -2.49. The zero-order chi connectivity index (χ0) is 14.9. The molecule has 2 rings (SSSR count). The number of piperidine rings is 1. The van der Waals surface area contributed by atoms with Gasteiger partial charge in [-0.05, 0) is 24.4 Å². The van der Waals surface area contributed by atoms with Crippen LogP contribution in [0.15, 0.2) is 6.20 Å². The second kappa shape index (κ2) is 5.61. The predicted octanol–water partition coefficient (Wildman–Crippen LogP) is 1.61. The highest BCUT2D eigenvalue weighted by atomic mass is 35.5. The van der Waals surface area contributed by atoms with E-state index < -0.39 is 29.2 Å². The SMILES string of the molecule is NC(=O)[C@H]1CCCN(C(=O)C(F)(F)c2cnsc2Cl)C1. The summed E-state index contributed by atoms with van der Waals surface area (Å²) in [6, 6.07) is 0. The van der Waals surface area contributed by atoms with Gasteiger partial charge in [0.25, 0.3) is 5.91 Å². The van der Waals surface area contributed by atoms with Gasteiger partial charge in [-0.15, -0.1) is 0 Å². The highest BCUT2D eigenvalue weighted by molar-refractivity contribution is 7.10. The molecule has 1 aromatic rings. The van der Waals surface area contributed by atoms with Gasteiger partial charge in [0.15, 0.2) is 0 Å². The Hall–Kier alpha value is -1.28. The van der Waals surface area contributed by atoms with Crippen LogP contribution in [-0.4, -0.2) is 34.2 Å². The molecule has 0 unspecified atom stereocenters. The fourth-order valence-electron chi connectivity index (χ4n) is 2.14. The predicted molar refractivity (Wildman–Crippen MR) is 69.5 cm³/mol. The lowest BCUT2D eigenvalue weighted by atomic mass is 9.96. The van der Waals surface area contributed by atoms with Gasteiger partial charge in [0.1, 0.15) is 4.34 Å². The molecule has 1 saturated heterocycles. The van der Waals surface area contributed by atoms with Gasteiger partial charge in [0.2, 0.25) is 5.91 Å². The van der Waals surface area contributed by atoms with Gasteiger partial charge in [-0.2, -0.15) is 13.2 Å². The highest BCUT2D eigenvalue weighted by Gasteiger charge is 2.47. The third-order valence-electron chi connectivity index (χ3n) is 3.24. The van der Waals surface area contributed by atoms with Crippen LogP contribution in [0.1, 0.15) is 18.4 Å². The molecule has 0 aliphatic carbocycles. The van der Waals surface area contributed by atoms with Gasteiger partial charge >= 0.3 is 5.92 Å². The molecule has 2 amide bonds. The maximum Gasteiger partial charge on any atom is 0.353 e. The Morgan fingerprint density at radius 2 is 2.25 bits per heavy atom. The maximum atomic E-state index is 14.1. The number of amides is 2. The molecule has 1 aliphatic rings. The summed E-state index contributed by atoms with van der Waals surface area (Å²) in [7, 11) is 0. The first-order valence-corrected chi connectivity index (χ1v) is 7.06. The van der Waals surface area contributed by atoms with Gasteiger partial charge in [-0.3, -0.25) is 9.59 Å². The monoisotopic (exact) mass is 323 g/mol. The number of carbonyl (C=O) groups excluding carboxylic acids is 2. The molecule has 20 heavy (non-hydrogen) atoms. The molecule has 1 atom stereocenters. The average Bonchev–Trinajstić information content (AvgIpc) is 2.85. The van der Waals surface area contributed by atoms with Gasteiger partial charge < -0.3 is 10.6 Å². The number of nitrogens with two attached hydrogens (primary N) is 1. The van der Waals surface area contributed by atoms with Crippen molar-refractivity contribution >= 4 is 34.9 Å². The number of hydrogen-bond donors (Lipinski definition) is 1. The van der Waals surface area contributed by atoms with Gasteiger partial charge in [0, 0.05) is 13.1 Å². The van der Waals surface area contributed by atoms with Crippen molar-refractivity contribution in [3.63, 3.8) is 0 Å². The first kappa shape index (κ1) is 15.1. The molecule has 2 N–H and O–H groups in total. The van der Waals surface area contributed by atoms with E-state index in [2.05, 4.69) is 4.37 Å².